The lowest BCUT2D eigenvalue weighted by molar-refractivity contribution is -0.122. The molecule has 94 valence electrons. The summed E-state index contributed by atoms with van der Waals surface area (Å²) >= 11 is 5.09. The van der Waals surface area contributed by atoms with Crippen molar-refractivity contribution in [1.29, 1.82) is 0 Å². The molecule has 2 N–H and O–H groups in total. The highest BCUT2D eigenvalue weighted by Crippen LogP contribution is 2.22. The third-order valence-electron chi connectivity index (χ3n) is 3.02. The van der Waals surface area contributed by atoms with Gasteiger partial charge in [0.05, 0.1) is 10.3 Å². The minimum atomic E-state index is 0.182. The molecule has 3 nitrogen and oxygen atoms in total. The lowest BCUT2D eigenvalue weighted by Crippen LogP contribution is -2.32. The number of halogens is 1. The Labute approximate surface area is 114 Å². The summed E-state index contributed by atoms with van der Waals surface area (Å²) in [4.78, 5) is 12.9. The topological polar surface area (TPSA) is 41.1 Å². The molecule has 1 fully saturated rings. The average Bonchev–Trinajstić information content (AvgIpc) is 2.74. The zero-order chi connectivity index (χ0) is 12.1. The van der Waals surface area contributed by atoms with E-state index in [1.54, 1.807) is 11.3 Å². The van der Waals surface area contributed by atoms with Gasteiger partial charge in [0.25, 0.3) is 0 Å². The van der Waals surface area contributed by atoms with Gasteiger partial charge in [-0.05, 0) is 59.9 Å². The van der Waals surface area contributed by atoms with E-state index < -0.39 is 0 Å². The van der Waals surface area contributed by atoms with E-state index in [1.807, 2.05) is 12.1 Å². The number of nitrogens with one attached hydrogen (secondary N) is 2. The highest BCUT2D eigenvalue weighted by Gasteiger charge is 2.16. The molecular formula is C12H17BrN2OS. The molecular weight excluding hydrogens is 300 g/mol. The first-order valence-electron chi connectivity index (χ1n) is 5.95. The van der Waals surface area contributed by atoms with E-state index in [-0.39, 0.29) is 5.91 Å². The van der Waals surface area contributed by atoms with Gasteiger partial charge in [-0.25, -0.2) is 0 Å². The molecule has 0 spiro atoms. The van der Waals surface area contributed by atoms with E-state index in [1.165, 1.54) is 4.88 Å². The summed E-state index contributed by atoms with van der Waals surface area (Å²) in [6.45, 7) is 2.76. The Morgan fingerprint density at radius 1 is 1.47 bits per heavy atom. The second kappa shape index (κ2) is 6.52. The number of piperidine rings is 1. The fourth-order valence-corrected chi connectivity index (χ4v) is 3.48. The van der Waals surface area contributed by atoms with Gasteiger partial charge in [0.2, 0.25) is 5.91 Å². The quantitative estimate of drug-likeness (QED) is 0.896. The highest BCUT2D eigenvalue weighted by atomic mass is 79.9. The first kappa shape index (κ1) is 13.1. The maximum absolute atomic E-state index is 11.8. The van der Waals surface area contributed by atoms with Crippen molar-refractivity contribution in [3.8, 4) is 0 Å². The number of hydrogen-bond donors (Lipinski definition) is 2. The Kier molecular flexibility index (Phi) is 5.00. The van der Waals surface area contributed by atoms with Gasteiger partial charge in [-0.1, -0.05) is 0 Å². The van der Waals surface area contributed by atoms with Crippen LogP contribution in [0.3, 0.4) is 0 Å². The van der Waals surface area contributed by atoms with E-state index in [0.29, 0.717) is 18.9 Å². The van der Waals surface area contributed by atoms with Crippen LogP contribution in [0.25, 0.3) is 0 Å². The van der Waals surface area contributed by atoms with Crippen LogP contribution < -0.4 is 10.6 Å². The highest BCUT2D eigenvalue weighted by molar-refractivity contribution is 9.11. The average molecular weight is 317 g/mol. The maximum atomic E-state index is 11.8. The second-order valence-corrected chi connectivity index (χ2v) is 6.93. The maximum Gasteiger partial charge on any atom is 0.220 e. The molecule has 0 aliphatic carbocycles. The Morgan fingerprint density at radius 2 is 2.24 bits per heavy atom. The van der Waals surface area contributed by atoms with Crippen LogP contribution in [0.4, 0.5) is 0 Å². The first-order chi connectivity index (χ1) is 8.24. The van der Waals surface area contributed by atoms with Gasteiger partial charge in [0.15, 0.2) is 0 Å². The molecule has 1 aromatic heterocycles. The number of hydrogen-bond acceptors (Lipinski definition) is 3. The minimum Gasteiger partial charge on any atom is -0.351 e. The Bertz CT molecular complexity index is 374. The lowest BCUT2D eigenvalue weighted by Gasteiger charge is -2.21. The van der Waals surface area contributed by atoms with E-state index in [4.69, 9.17) is 0 Å². The summed E-state index contributed by atoms with van der Waals surface area (Å²) in [7, 11) is 0. The summed E-state index contributed by atoms with van der Waals surface area (Å²) in [6.07, 6.45) is 2.92. The molecule has 1 saturated heterocycles. The van der Waals surface area contributed by atoms with Crippen LogP contribution in [0.1, 0.15) is 24.1 Å². The van der Waals surface area contributed by atoms with Gasteiger partial charge in [-0.2, -0.15) is 0 Å². The van der Waals surface area contributed by atoms with Crippen molar-refractivity contribution in [2.24, 2.45) is 5.92 Å². The van der Waals surface area contributed by atoms with Crippen molar-refractivity contribution in [1.82, 2.24) is 10.6 Å². The van der Waals surface area contributed by atoms with E-state index in [0.717, 1.165) is 29.7 Å². The third-order valence-corrected chi connectivity index (χ3v) is 4.65. The molecule has 0 aromatic carbocycles. The summed E-state index contributed by atoms with van der Waals surface area (Å²) in [5.41, 5.74) is 0. The van der Waals surface area contributed by atoms with E-state index in [2.05, 4.69) is 26.6 Å². The predicted molar refractivity (Wildman–Crippen MR) is 74.1 cm³/mol. The Balaban J connectivity index is 1.70. The lowest BCUT2D eigenvalue weighted by atomic mass is 9.94. The van der Waals surface area contributed by atoms with Crippen molar-refractivity contribution in [2.75, 3.05) is 13.1 Å². The van der Waals surface area contributed by atoms with Gasteiger partial charge in [-0.3, -0.25) is 4.79 Å². The fraction of sp³-hybridized carbons (Fsp3) is 0.583. The van der Waals surface area contributed by atoms with Crippen LogP contribution >= 0.6 is 27.3 Å². The molecule has 2 rings (SSSR count). The van der Waals surface area contributed by atoms with E-state index >= 15 is 0 Å². The summed E-state index contributed by atoms with van der Waals surface area (Å²) in [5, 5.41) is 6.30. The molecule has 1 amide bonds. The molecule has 1 aliphatic rings. The first-order valence-corrected chi connectivity index (χ1v) is 7.56. The largest absolute Gasteiger partial charge is 0.351 e. The molecule has 0 bridgehead atoms. The molecule has 0 unspecified atom stereocenters. The van der Waals surface area contributed by atoms with Gasteiger partial charge in [-0.15, -0.1) is 11.3 Å². The Hall–Kier alpha value is -0.390. The zero-order valence-electron chi connectivity index (χ0n) is 9.67. The summed E-state index contributed by atoms with van der Waals surface area (Å²) in [6, 6.07) is 4.05. The summed E-state index contributed by atoms with van der Waals surface area (Å²) in [5.74, 6) is 0.743. The molecule has 1 aliphatic heterocycles. The van der Waals surface area contributed by atoms with Crippen LogP contribution in [0.5, 0.6) is 0 Å². The van der Waals surface area contributed by atoms with Crippen LogP contribution in [-0.4, -0.2) is 19.0 Å². The molecule has 17 heavy (non-hydrogen) atoms. The smallest absolute Gasteiger partial charge is 0.220 e. The Morgan fingerprint density at radius 3 is 2.88 bits per heavy atom. The molecule has 5 heteroatoms. The predicted octanol–water partition coefficient (Wildman–Crippen LogP) is 2.52. The normalized spacial score (nSPS) is 17.0. The molecule has 0 radical (unpaired) electrons. The number of carbonyl (C=O) groups is 1. The van der Waals surface area contributed by atoms with Crippen LogP contribution in [-0.2, 0) is 11.3 Å². The van der Waals surface area contributed by atoms with Crippen LogP contribution in [0, 0.1) is 5.92 Å². The van der Waals surface area contributed by atoms with Crippen molar-refractivity contribution < 1.29 is 4.79 Å². The minimum absolute atomic E-state index is 0.182. The van der Waals surface area contributed by atoms with Gasteiger partial charge < -0.3 is 10.6 Å². The van der Waals surface area contributed by atoms with Crippen LogP contribution in [0.15, 0.2) is 15.9 Å². The van der Waals surface area contributed by atoms with Gasteiger partial charge >= 0.3 is 0 Å². The van der Waals surface area contributed by atoms with E-state index in [9.17, 15) is 4.79 Å². The number of rotatable bonds is 4. The third kappa shape index (κ3) is 4.41. The fourth-order valence-electron chi connectivity index (χ4n) is 2.05. The summed E-state index contributed by atoms with van der Waals surface area (Å²) < 4.78 is 1.11. The SMILES string of the molecule is O=C(CC1CCNCC1)NCc1ccc(Br)s1. The van der Waals surface area contributed by atoms with Crippen LogP contribution in [0.2, 0.25) is 0 Å². The molecule has 1 aromatic rings. The molecule has 0 saturated carbocycles. The monoisotopic (exact) mass is 316 g/mol. The van der Waals surface area contributed by atoms with Gasteiger partial charge in [0, 0.05) is 11.3 Å². The van der Waals surface area contributed by atoms with Crippen molar-refractivity contribution in [2.45, 2.75) is 25.8 Å². The number of carbonyl (C=O) groups excluding carboxylic acids is 1. The van der Waals surface area contributed by atoms with Crippen molar-refractivity contribution in [3.05, 3.63) is 20.8 Å². The second-order valence-electron chi connectivity index (χ2n) is 4.38. The van der Waals surface area contributed by atoms with Crippen molar-refractivity contribution in [3.63, 3.8) is 0 Å². The van der Waals surface area contributed by atoms with Crippen molar-refractivity contribution >= 4 is 33.2 Å². The number of thiophene rings is 1. The molecule has 0 atom stereocenters. The van der Waals surface area contributed by atoms with Gasteiger partial charge in [0.1, 0.15) is 0 Å². The number of amides is 1. The zero-order valence-corrected chi connectivity index (χ0v) is 12.1. The standard InChI is InChI=1S/C12H17BrN2OS/c13-11-2-1-10(17-11)8-15-12(16)7-9-3-5-14-6-4-9/h1-2,9,14H,3-8H2,(H,15,16). The molecule has 2 heterocycles.